The van der Waals surface area contributed by atoms with Gasteiger partial charge in [-0.3, -0.25) is 0 Å². The monoisotopic (exact) mass is 433 g/mol. The molecule has 2 fully saturated rings. The minimum atomic E-state index is -3.43. The molecule has 158 valence electrons. The van der Waals surface area contributed by atoms with Gasteiger partial charge in [-0.1, -0.05) is 25.5 Å². The minimum absolute atomic E-state index is 0.0483. The molecule has 2 aromatic rings. The van der Waals surface area contributed by atoms with Crippen molar-refractivity contribution in [2.24, 2.45) is 0 Å². The third-order valence-corrected chi connectivity index (χ3v) is 9.45. The number of rotatable bonds is 7. The summed E-state index contributed by atoms with van der Waals surface area (Å²) in [5.74, 6) is 0.898. The molecular formula is C23H31NO3S2. The Kier molecular flexibility index (Phi) is 6.05. The van der Waals surface area contributed by atoms with E-state index >= 15 is 0 Å². The summed E-state index contributed by atoms with van der Waals surface area (Å²) < 4.78 is 34.8. The van der Waals surface area contributed by atoms with E-state index < -0.39 is 10.0 Å². The maximum Gasteiger partial charge on any atom is 0.244 e. The first kappa shape index (κ1) is 20.9. The van der Waals surface area contributed by atoms with Gasteiger partial charge >= 0.3 is 0 Å². The van der Waals surface area contributed by atoms with E-state index in [0.29, 0.717) is 4.90 Å². The van der Waals surface area contributed by atoms with Gasteiger partial charge in [-0.15, -0.1) is 11.3 Å². The van der Waals surface area contributed by atoms with Gasteiger partial charge < -0.3 is 4.74 Å². The Balaban J connectivity index is 1.44. The Labute approximate surface area is 178 Å². The van der Waals surface area contributed by atoms with E-state index in [4.69, 9.17) is 4.74 Å². The molecule has 2 saturated heterocycles. The fourth-order valence-electron chi connectivity index (χ4n) is 4.86. The Hall–Kier alpha value is -1.37. The van der Waals surface area contributed by atoms with Gasteiger partial charge in [0, 0.05) is 34.7 Å². The van der Waals surface area contributed by atoms with E-state index in [2.05, 4.69) is 31.2 Å². The molecule has 0 saturated carbocycles. The number of piperidine rings is 1. The first-order chi connectivity index (χ1) is 13.9. The van der Waals surface area contributed by atoms with Gasteiger partial charge in [0.05, 0.1) is 4.90 Å². The van der Waals surface area contributed by atoms with Crippen molar-refractivity contribution in [3.8, 4) is 5.75 Å². The molecule has 29 heavy (non-hydrogen) atoms. The number of unbranched alkanes of at least 4 members (excludes halogenated alkanes) is 1. The number of fused-ring (bicyclic) bond motifs is 2. The predicted molar refractivity (Wildman–Crippen MR) is 118 cm³/mol. The lowest BCUT2D eigenvalue weighted by Gasteiger charge is -2.37. The molecule has 1 aromatic heterocycles. The number of aryl methyl sites for hydroxylation is 3. The summed E-state index contributed by atoms with van der Waals surface area (Å²) in [7, 11) is -3.43. The fraction of sp³-hybridized carbons (Fsp3) is 0.565. The maximum absolute atomic E-state index is 13.4. The average Bonchev–Trinajstić information content (AvgIpc) is 3.18. The second kappa shape index (κ2) is 8.40. The van der Waals surface area contributed by atoms with Gasteiger partial charge in [0.2, 0.25) is 10.0 Å². The van der Waals surface area contributed by atoms with Gasteiger partial charge in [0.25, 0.3) is 0 Å². The van der Waals surface area contributed by atoms with E-state index in [9.17, 15) is 8.42 Å². The summed E-state index contributed by atoms with van der Waals surface area (Å²) in [6.45, 7) is 6.09. The normalized spacial score (nSPS) is 24.7. The molecule has 0 radical (unpaired) electrons. The summed E-state index contributed by atoms with van der Waals surface area (Å²) in [6.07, 6.45) is 7.02. The number of sulfonamides is 1. The van der Waals surface area contributed by atoms with Crippen LogP contribution >= 0.6 is 11.3 Å². The number of hydrogen-bond acceptors (Lipinski definition) is 4. The van der Waals surface area contributed by atoms with E-state index in [1.807, 2.05) is 19.9 Å². The second-order valence-electron chi connectivity index (χ2n) is 8.46. The third kappa shape index (κ3) is 4.25. The zero-order chi connectivity index (χ0) is 20.6. The SMILES string of the molecule is CCCCc1ccc(O[C@H]2C[C@H]3CC[C@@H](C2)N3S(=O)(=O)c2cc(C)sc2C)cc1. The van der Waals surface area contributed by atoms with Crippen LogP contribution in [0.3, 0.4) is 0 Å². The summed E-state index contributed by atoms with van der Waals surface area (Å²) in [6, 6.07) is 10.4. The van der Waals surface area contributed by atoms with Crippen molar-refractivity contribution in [3.05, 3.63) is 45.6 Å². The topological polar surface area (TPSA) is 46.6 Å². The fourth-order valence-corrected chi connectivity index (χ4v) is 8.28. The molecule has 0 aliphatic carbocycles. The van der Waals surface area contributed by atoms with Crippen LogP contribution in [0, 0.1) is 13.8 Å². The summed E-state index contributed by atoms with van der Waals surface area (Å²) >= 11 is 1.56. The van der Waals surface area contributed by atoms with Gasteiger partial charge in [-0.05, 0) is 63.3 Å². The molecule has 4 nitrogen and oxygen atoms in total. The molecule has 4 rings (SSSR count). The lowest BCUT2D eigenvalue weighted by Crippen LogP contribution is -2.49. The van der Waals surface area contributed by atoms with Crippen LogP contribution in [-0.4, -0.2) is 30.9 Å². The third-order valence-electron chi connectivity index (χ3n) is 6.22. The van der Waals surface area contributed by atoms with Gasteiger partial charge in [-0.25, -0.2) is 8.42 Å². The molecule has 6 heteroatoms. The van der Waals surface area contributed by atoms with Crippen LogP contribution in [0.4, 0.5) is 0 Å². The molecule has 3 atom stereocenters. The van der Waals surface area contributed by atoms with E-state index in [1.165, 1.54) is 18.4 Å². The van der Waals surface area contributed by atoms with Gasteiger partial charge in [0.1, 0.15) is 11.9 Å². The average molecular weight is 434 g/mol. The molecule has 1 aromatic carbocycles. The van der Waals surface area contributed by atoms with Gasteiger partial charge in [-0.2, -0.15) is 4.31 Å². The van der Waals surface area contributed by atoms with E-state index in [-0.39, 0.29) is 18.2 Å². The highest BCUT2D eigenvalue weighted by Crippen LogP contribution is 2.42. The standard InChI is InChI=1S/C23H31NO3S2/c1-4-5-6-18-7-11-21(12-8-18)27-22-14-19-9-10-20(15-22)24(19)29(25,26)23-13-16(2)28-17(23)3/h7-8,11-13,19-20,22H,4-6,9-10,14-15H2,1-3H3/t19-,20+,22+. The molecule has 0 unspecified atom stereocenters. The summed E-state index contributed by atoms with van der Waals surface area (Å²) in [4.78, 5) is 2.44. The highest BCUT2D eigenvalue weighted by Gasteiger charge is 2.48. The highest BCUT2D eigenvalue weighted by molar-refractivity contribution is 7.89. The minimum Gasteiger partial charge on any atom is -0.490 e. The van der Waals surface area contributed by atoms with E-state index in [0.717, 1.165) is 47.6 Å². The summed E-state index contributed by atoms with van der Waals surface area (Å²) in [5, 5.41) is 0. The predicted octanol–water partition coefficient (Wildman–Crippen LogP) is 5.47. The van der Waals surface area contributed by atoms with Crippen molar-refractivity contribution >= 4 is 21.4 Å². The van der Waals surface area contributed by atoms with Crippen LogP contribution < -0.4 is 4.74 Å². The molecule has 0 N–H and O–H groups in total. The second-order valence-corrected chi connectivity index (χ2v) is 11.7. The van der Waals surface area contributed by atoms with E-state index in [1.54, 1.807) is 15.6 Å². The lowest BCUT2D eigenvalue weighted by atomic mass is 10.0. The molecule has 3 heterocycles. The molecule has 0 spiro atoms. The zero-order valence-corrected chi connectivity index (χ0v) is 19.2. The Bertz CT molecular complexity index is 935. The molecule has 2 aliphatic rings. The van der Waals surface area contributed by atoms with Crippen LogP contribution in [0.5, 0.6) is 5.75 Å². The maximum atomic E-state index is 13.4. The van der Waals surface area contributed by atoms with Crippen LogP contribution in [0.15, 0.2) is 35.2 Å². The van der Waals surface area contributed by atoms with Crippen molar-refractivity contribution in [3.63, 3.8) is 0 Å². The lowest BCUT2D eigenvalue weighted by molar-refractivity contribution is 0.0956. The molecule has 0 amide bonds. The zero-order valence-electron chi connectivity index (χ0n) is 17.6. The number of benzene rings is 1. The quantitative estimate of drug-likeness (QED) is 0.582. The number of nitrogens with zero attached hydrogens (tertiary/aromatic N) is 1. The van der Waals surface area contributed by atoms with Crippen LogP contribution in [-0.2, 0) is 16.4 Å². The van der Waals surface area contributed by atoms with Crippen LogP contribution in [0.2, 0.25) is 0 Å². The van der Waals surface area contributed by atoms with Crippen molar-refractivity contribution in [2.45, 2.75) is 88.8 Å². The van der Waals surface area contributed by atoms with Crippen molar-refractivity contribution < 1.29 is 13.2 Å². The summed E-state index contributed by atoms with van der Waals surface area (Å²) in [5.41, 5.74) is 1.35. The smallest absolute Gasteiger partial charge is 0.244 e. The number of hydrogen-bond donors (Lipinski definition) is 0. The van der Waals surface area contributed by atoms with Gasteiger partial charge in [0.15, 0.2) is 0 Å². The molecule has 2 aliphatic heterocycles. The number of thiophene rings is 1. The van der Waals surface area contributed by atoms with Crippen LogP contribution in [0.1, 0.15) is 60.8 Å². The van der Waals surface area contributed by atoms with Crippen molar-refractivity contribution in [1.82, 2.24) is 4.31 Å². The largest absolute Gasteiger partial charge is 0.490 e. The Morgan fingerprint density at radius 3 is 2.31 bits per heavy atom. The first-order valence-corrected chi connectivity index (χ1v) is 13.0. The van der Waals surface area contributed by atoms with Crippen molar-refractivity contribution in [1.29, 1.82) is 0 Å². The molecule has 2 bridgehead atoms. The first-order valence-electron chi connectivity index (χ1n) is 10.7. The number of ether oxygens (including phenoxy) is 1. The van der Waals surface area contributed by atoms with Crippen molar-refractivity contribution in [2.75, 3.05) is 0 Å². The Morgan fingerprint density at radius 1 is 1.10 bits per heavy atom. The molecular weight excluding hydrogens is 402 g/mol. The van der Waals surface area contributed by atoms with Crippen LogP contribution in [0.25, 0.3) is 0 Å². The highest BCUT2D eigenvalue weighted by atomic mass is 32.2. The Morgan fingerprint density at radius 2 is 1.76 bits per heavy atom.